The molecule has 0 spiro atoms. The molecule has 1 aromatic heterocycles. The third-order valence-electron chi connectivity index (χ3n) is 4.31. The lowest BCUT2D eigenvalue weighted by Gasteiger charge is -2.15. The summed E-state index contributed by atoms with van der Waals surface area (Å²) in [6.45, 7) is 1.84. The maximum absolute atomic E-state index is 12.8. The zero-order valence-corrected chi connectivity index (χ0v) is 16.8. The first-order chi connectivity index (χ1) is 13.9. The molecule has 0 aliphatic heterocycles. The van der Waals surface area contributed by atoms with Gasteiger partial charge in [0.15, 0.2) is 0 Å². The van der Waals surface area contributed by atoms with Gasteiger partial charge in [0.05, 0.1) is 23.7 Å². The highest BCUT2D eigenvalue weighted by Gasteiger charge is 2.19. The minimum Gasteiger partial charge on any atom is -0.495 e. The first-order valence-corrected chi connectivity index (χ1v) is 10.4. The molecule has 0 radical (unpaired) electrons. The molecule has 2 N–H and O–H groups in total. The van der Waals surface area contributed by atoms with Gasteiger partial charge in [0.25, 0.3) is 15.9 Å². The van der Waals surface area contributed by atoms with E-state index in [9.17, 15) is 13.2 Å². The van der Waals surface area contributed by atoms with Crippen molar-refractivity contribution >= 4 is 21.6 Å². The molecule has 1 heterocycles. The van der Waals surface area contributed by atoms with Gasteiger partial charge in [-0.15, -0.1) is 0 Å². The second-order valence-electron chi connectivity index (χ2n) is 6.31. The third-order valence-corrected chi connectivity index (χ3v) is 5.67. The van der Waals surface area contributed by atoms with Crippen LogP contribution in [0.3, 0.4) is 0 Å². The highest BCUT2D eigenvalue weighted by Crippen LogP contribution is 2.26. The summed E-state index contributed by atoms with van der Waals surface area (Å²) >= 11 is 0. The average Bonchev–Trinajstić information content (AvgIpc) is 2.74. The van der Waals surface area contributed by atoms with Gasteiger partial charge in [0.1, 0.15) is 5.75 Å². The van der Waals surface area contributed by atoms with E-state index in [1.807, 2.05) is 19.1 Å². The molecule has 29 heavy (non-hydrogen) atoms. The van der Waals surface area contributed by atoms with E-state index in [0.717, 1.165) is 5.56 Å². The zero-order valence-electron chi connectivity index (χ0n) is 16.0. The molecule has 1 unspecified atom stereocenters. The summed E-state index contributed by atoms with van der Waals surface area (Å²) in [7, 11) is -2.44. The first kappa shape index (κ1) is 20.3. The molecule has 7 nitrogen and oxygen atoms in total. The molecule has 2 aromatic carbocycles. The van der Waals surface area contributed by atoms with Gasteiger partial charge < -0.3 is 10.1 Å². The summed E-state index contributed by atoms with van der Waals surface area (Å²) in [4.78, 5) is 16.5. The number of sulfonamides is 1. The predicted molar refractivity (Wildman–Crippen MR) is 110 cm³/mol. The molecule has 150 valence electrons. The van der Waals surface area contributed by atoms with Gasteiger partial charge >= 0.3 is 0 Å². The standard InChI is InChI=1S/C21H21N3O4S/c1-15(16-10-12-22-13-11-16)23-21(25)17-6-5-7-18(14-17)29(26,27)24-19-8-3-4-9-20(19)28-2/h3-15,24H,1-2H3,(H,23,25). The van der Waals surface area contributed by atoms with E-state index in [2.05, 4.69) is 15.0 Å². The summed E-state index contributed by atoms with van der Waals surface area (Å²) in [6, 6.07) is 15.9. The molecule has 1 amide bonds. The Balaban J connectivity index is 1.80. The topological polar surface area (TPSA) is 97.4 Å². The molecule has 0 aliphatic rings. The molecule has 0 bridgehead atoms. The lowest BCUT2D eigenvalue weighted by atomic mass is 10.1. The quantitative estimate of drug-likeness (QED) is 0.621. The number of hydrogen-bond donors (Lipinski definition) is 2. The number of anilines is 1. The number of para-hydroxylation sites is 2. The molecule has 8 heteroatoms. The van der Waals surface area contributed by atoms with Crippen molar-refractivity contribution in [3.8, 4) is 5.75 Å². The lowest BCUT2D eigenvalue weighted by molar-refractivity contribution is 0.0939. The van der Waals surface area contributed by atoms with E-state index in [-0.39, 0.29) is 22.4 Å². The van der Waals surface area contributed by atoms with Crippen molar-refractivity contribution in [2.45, 2.75) is 17.9 Å². The van der Waals surface area contributed by atoms with Crippen LogP contribution in [0.15, 0.2) is 78.0 Å². The van der Waals surface area contributed by atoms with E-state index >= 15 is 0 Å². The molecule has 0 fully saturated rings. The Labute approximate surface area is 169 Å². The molecule has 0 saturated carbocycles. The number of ether oxygens (including phenoxy) is 1. The fourth-order valence-corrected chi connectivity index (χ4v) is 3.87. The van der Waals surface area contributed by atoms with Crippen molar-refractivity contribution in [3.63, 3.8) is 0 Å². The van der Waals surface area contributed by atoms with E-state index < -0.39 is 10.0 Å². The summed E-state index contributed by atoms with van der Waals surface area (Å²) in [5.41, 5.74) is 1.46. The highest BCUT2D eigenvalue weighted by atomic mass is 32.2. The van der Waals surface area contributed by atoms with Gasteiger partial charge in [-0.05, 0) is 55.0 Å². The van der Waals surface area contributed by atoms with Crippen LogP contribution in [0.5, 0.6) is 5.75 Å². The monoisotopic (exact) mass is 411 g/mol. The number of pyridine rings is 1. The van der Waals surface area contributed by atoms with Gasteiger partial charge in [0.2, 0.25) is 0 Å². The smallest absolute Gasteiger partial charge is 0.262 e. The van der Waals surface area contributed by atoms with Crippen LogP contribution < -0.4 is 14.8 Å². The van der Waals surface area contributed by atoms with Gasteiger partial charge in [-0.25, -0.2) is 8.42 Å². The Bertz CT molecular complexity index is 1100. The number of carbonyl (C=O) groups excluding carboxylic acids is 1. The Morgan fingerprint density at radius 3 is 2.48 bits per heavy atom. The minimum absolute atomic E-state index is 0.0207. The van der Waals surface area contributed by atoms with Gasteiger partial charge in [0, 0.05) is 18.0 Å². The molecular weight excluding hydrogens is 390 g/mol. The zero-order chi connectivity index (χ0) is 20.9. The molecule has 1 atom stereocenters. The number of nitrogens with zero attached hydrogens (tertiary/aromatic N) is 1. The van der Waals surface area contributed by atoms with Crippen molar-refractivity contribution in [2.75, 3.05) is 11.8 Å². The van der Waals surface area contributed by atoms with Crippen LogP contribution in [0, 0.1) is 0 Å². The van der Waals surface area contributed by atoms with Crippen LogP contribution >= 0.6 is 0 Å². The summed E-state index contributed by atoms with van der Waals surface area (Å²) in [5.74, 6) is 0.0276. The number of aromatic nitrogens is 1. The Morgan fingerprint density at radius 1 is 1.03 bits per heavy atom. The van der Waals surface area contributed by atoms with Crippen LogP contribution in [-0.4, -0.2) is 26.4 Å². The van der Waals surface area contributed by atoms with E-state index in [1.165, 1.54) is 25.3 Å². The van der Waals surface area contributed by atoms with Crippen LogP contribution in [0.2, 0.25) is 0 Å². The Hall–Kier alpha value is -3.39. The molecule has 0 saturated heterocycles. The number of rotatable bonds is 7. The second kappa shape index (κ2) is 8.74. The van der Waals surface area contributed by atoms with Gasteiger partial charge in [-0.2, -0.15) is 0 Å². The summed E-state index contributed by atoms with van der Waals surface area (Å²) < 4.78 is 33.2. The number of nitrogens with one attached hydrogen (secondary N) is 2. The third kappa shape index (κ3) is 4.91. The Kier molecular flexibility index (Phi) is 6.13. The van der Waals surface area contributed by atoms with E-state index in [4.69, 9.17) is 4.74 Å². The second-order valence-corrected chi connectivity index (χ2v) is 7.99. The van der Waals surface area contributed by atoms with Crippen LogP contribution in [0.1, 0.15) is 28.9 Å². The molecule has 3 rings (SSSR count). The number of benzene rings is 2. The summed E-state index contributed by atoms with van der Waals surface area (Å²) in [5, 5.41) is 2.86. The number of carbonyl (C=O) groups is 1. The van der Waals surface area contributed by atoms with Crippen molar-refractivity contribution in [1.82, 2.24) is 10.3 Å². The van der Waals surface area contributed by atoms with Gasteiger partial charge in [-0.1, -0.05) is 18.2 Å². The lowest BCUT2D eigenvalue weighted by Crippen LogP contribution is -2.27. The average molecular weight is 411 g/mol. The SMILES string of the molecule is COc1ccccc1NS(=O)(=O)c1cccc(C(=O)NC(C)c2ccncc2)c1. The van der Waals surface area contributed by atoms with Crippen molar-refractivity contribution in [2.24, 2.45) is 0 Å². The first-order valence-electron chi connectivity index (χ1n) is 8.87. The number of amides is 1. The fraction of sp³-hybridized carbons (Fsp3) is 0.143. The predicted octanol–water partition coefficient (Wildman–Crippen LogP) is 3.38. The van der Waals surface area contributed by atoms with Crippen LogP contribution in [0.4, 0.5) is 5.69 Å². The summed E-state index contributed by atoms with van der Waals surface area (Å²) in [6.07, 6.45) is 3.30. The largest absolute Gasteiger partial charge is 0.495 e. The van der Waals surface area contributed by atoms with Crippen LogP contribution in [-0.2, 0) is 10.0 Å². The number of methoxy groups -OCH3 is 1. The maximum atomic E-state index is 12.8. The molecular formula is C21H21N3O4S. The fourth-order valence-electron chi connectivity index (χ4n) is 2.75. The van der Waals surface area contributed by atoms with E-state index in [1.54, 1.807) is 42.7 Å². The maximum Gasteiger partial charge on any atom is 0.262 e. The van der Waals surface area contributed by atoms with Crippen molar-refractivity contribution in [3.05, 3.63) is 84.2 Å². The van der Waals surface area contributed by atoms with Crippen molar-refractivity contribution in [1.29, 1.82) is 0 Å². The number of hydrogen-bond acceptors (Lipinski definition) is 5. The molecule has 3 aromatic rings. The van der Waals surface area contributed by atoms with Crippen molar-refractivity contribution < 1.29 is 17.9 Å². The highest BCUT2D eigenvalue weighted by molar-refractivity contribution is 7.92. The van der Waals surface area contributed by atoms with E-state index in [0.29, 0.717) is 11.4 Å². The van der Waals surface area contributed by atoms with Gasteiger partial charge in [-0.3, -0.25) is 14.5 Å². The minimum atomic E-state index is -3.90. The van der Waals surface area contributed by atoms with Crippen LogP contribution in [0.25, 0.3) is 0 Å². The molecule has 0 aliphatic carbocycles. The Morgan fingerprint density at radius 2 is 1.76 bits per heavy atom. The normalized spacial score (nSPS) is 12.1.